The number of aromatic amines is 1. The molecular weight excluding hydrogens is 220 g/mol. The molecule has 1 fully saturated rings. The highest BCUT2D eigenvalue weighted by Gasteiger charge is 2.19. The predicted molar refractivity (Wildman–Crippen MR) is 75.1 cm³/mol. The number of aromatic nitrogens is 1. The molecule has 0 bridgehead atoms. The van der Waals surface area contributed by atoms with E-state index in [1.165, 1.54) is 48.9 Å². The fraction of sp³-hybridized carbons (Fsp3) is 0.438. The summed E-state index contributed by atoms with van der Waals surface area (Å²) in [5, 5.41) is 8.74. The van der Waals surface area contributed by atoms with Crippen LogP contribution in [0.1, 0.15) is 54.8 Å². The van der Waals surface area contributed by atoms with Gasteiger partial charge in [0.05, 0.1) is 6.07 Å². The third kappa shape index (κ3) is 2.73. The van der Waals surface area contributed by atoms with E-state index in [1.807, 2.05) is 12.2 Å². The van der Waals surface area contributed by atoms with Crippen LogP contribution >= 0.6 is 0 Å². The number of nitrogens with zero attached hydrogens (tertiary/aromatic N) is 1. The molecule has 1 aromatic heterocycles. The first kappa shape index (κ1) is 12.7. The number of hydrogen-bond donors (Lipinski definition) is 1. The molecule has 1 aliphatic rings. The molecule has 1 saturated carbocycles. The minimum absolute atomic E-state index is 0.505. The van der Waals surface area contributed by atoms with E-state index in [0.29, 0.717) is 11.5 Å². The van der Waals surface area contributed by atoms with Crippen LogP contribution in [0, 0.1) is 18.3 Å². The Labute approximate surface area is 109 Å². The van der Waals surface area contributed by atoms with Crippen LogP contribution in [-0.4, -0.2) is 4.98 Å². The minimum atomic E-state index is 0.505. The predicted octanol–water partition coefficient (Wildman–Crippen LogP) is 4.46. The number of rotatable bonds is 3. The van der Waals surface area contributed by atoms with Gasteiger partial charge in [-0.15, -0.1) is 0 Å². The molecule has 1 heterocycles. The molecule has 0 saturated heterocycles. The summed E-state index contributed by atoms with van der Waals surface area (Å²) in [5.41, 5.74) is 4.34. The molecule has 18 heavy (non-hydrogen) atoms. The molecule has 0 radical (unpaired) electrons. The van der Waals surface area contributed by atoms with Crippen molar-refractivity contribution in [1.29, 1.82) is 5.26 Å². The monoisotopic (exact) mass is 240 g/mol. The van der Waals surface area contributed by atoms with E-state index < -0.39 is 0 Å². The van der Waals surface area contributed by atoms with Crippen molar-refractivity contribution in [3.05, 3.63) is 41.2 Å². The number of H-pyrrole nitrogens is 1. The first-order chi connectivity index (χ1) is 8.72. The molecule has 0 spiro atoms. The van der Waals surface area contributed by atoms with Crippen molar-refractivity contribution in [3.63, 3.8) is 0 Å². The normalized spacial score (nSPS) is 16.9. The Kier molecular flexibility index (Phi) is 4.04. The van der Waals surface area contributed by atoms with E-state index in [4.69, 9.17) is 5.26 Å². The van der Waals surface area contributed by atoms with E-state index in [-0.39, 0.29) is 0 Å². The van der Waals surface area contributed by atoms with Gasteiger partial charge >= 0.3 is 0 Å². The van der Waals surface area contributed by atoms with Crippen molar-refractivity contribution >= 4 is 6.08 Å². The Morgan fingerprint density at radius 2 is 2.17 bits per heavy atom. The number of nitriles is 1. The Bertz CT molecular complexity index is 494. The molecule has 0 atom stereocenters. The van der Waals surface area contributed by atoms with Gasteiger partial charge in [0.15, 0.2) is 0 Å². The summed E-state index contributed by atoms with van der Waals surface area (Å²) in [6.07, 6.45) is 12.6. The topological polar surface area (TPSA) is 39.6 Å². The summed E-state index contributed by atoms with van der Waals surface area (Å²) in [6, 6.07) is 2.05. The number of aryl methyl sites for hydroxylation is 1. The lowest BCUT2D eigenvalue weighted by Gasteiger charge is -2.21. The maximum absolute atomic E-state index is 8.74. The SMILES string of the molecule is C=C(C#N)/C=C\c1c(C2CCCCC2)c[nH]c1C. The van der Waals surface area contributed by atoms with Gasteiger partial charge in [-0.3, -0.25) is 0 Å². The second-order valence-corrected chi connectivity index (χ2v) is 5.09. The highest BCUT2D eigenvalue weighted by Crippen LogP contribution is 2.35. The molecule has 0 aromatic carbocycles. The highest BCUT2D eigenvalue weighted by atomic mass is 14.7. The summed E-state index contributed by atoms with van der Waals surface area (Å²) in [6.45, 7) is 5.77. The van der Waals surface area contributed by atoms with E-state index >= 15 is 0 Å². The smallest absolute Gasteiger partial charge is 0.0985 e. The van der Waals surface area contributed by atoms with E-state index in [2.05, 4.69) is 30.8 Å². The van der Waals surface area contributed by atoms with E-state index in [1.54, 1.807) is 0 Å². The van der Waals surface area contributed by atoms with Gasteiger partial charge in [-0.05, 0) is 42.9 Å². The molecule has 94 valence electrons. The molecule has 1 N–H and O–H groups in total. The summed E-state index contributed by atoms with van der Waals surface area (Å²) >= 11 is 0. The van der Waals surface area contributed by atoms with Crippen molar-refractivity contribution in [1.82, 2.24) is 4.98 Å². The van der Waals surface area contributed by atoms with Gasteiger partial charge in [-0.2, -0.15) is 5.26 Å². The zero-order valence-electron chi connectivity index (χ0n) is 11.0. The first-order valence-electron chi connectivity index (χ1n) is 6.67. The summed E-state index contributed by atoms with van der Waals surface area (Å²) in [4.78, 5) is 3.31. The van der Waals surface area contributed by atoms with Gasteiger partial charge in [-0.1, -0.05) is 31.9 Å². The largest absolute Gasteiger partial charge is 0.364 e. The lowest BCUT2D eigenvalue weighted by atomic mass is 9.83. The van der Waals surface area contributed by atoms with Crippen molar-refractivity contribution in [2.45, 2.75) is 44.9 Å². The van der Waals surface area contributed by atoms with Crippen LogP contribution in [0.2, 0.25) is 0 Å². The van der Waals surface area contributed by atoms with Gasteiger partial charge in [0.25, 0.3) is 0 Å². The van der Waals surface area contributed by atoms with Gasteiger partial charge in [-0.25, -0.2) is 0 Å². The van der Waals surface area contributed by atoms with Crippen molar-refractivity contribution in [2.75, 3.05) is 0 Å². The second-order valence-electron chi connectivity index (χ2n) is 5.09. The highest BCUT2D eigenvalue weighted by molar-refractivity contribution is 5.61. The van der Waals surface area contributed by atoms with Crippen LogP contribution in [-0.2, 0) is 0 Å². The second kappa shape index (κ2) is 5.73. The molecule has 1 aromatic rings. The molecule has 2 nitrogen and oxygen atoms in total. The fourth-order valence-electron chi connectivity index (χ4n) is 2.75. The van der Waals surface area contributed by atoms with Crippen molar-refractivity contribution < 1.29 is 0 Å². The Hall–Kier alpha value is -1.75. The van der Waals surface area contributed by atoms with Gasteiger partial charge < -0.3 is 4.98 Å². The molecule has 0 aliphatic heterocycles. The molecule has 2 rings (SSSR count). The average molecular weight is 240 g/mol. The standard InChI is InChI=1S/C16H20N2/c1-12(10-17)8-9-15-13(2)18-11-16(15)14-6-4-3-5-7-14/h8-9,11,14,18H,1,3-7H2,2H3/b9-8-. The third-order valence-corrected chi connectivity index (χ3v) is 3.80. The van der Waals surface area contributed by atoms with Crippen LogP contribution in [0.3, 0.4) is 0 Å². The molecule has 0 amide bonds. The van der Waals surface area contributed by atoms with Crippen molar-refractivity contribution in [2.24, 2.45) is 0 Å². The van der Waals surface area contributed by atoms with E-state index in [0.717, 1.165) is 0 Å². The molecular formula is C16H20N2. The number of allylic oxidation sites excluding steroid dienone is 2. The average Bonchev–Trinajstić information content (AvgIpc) is 2.78. The zero-order chi connectivity index (χ0) is 13.0. The lowest BCUT2D eigenvalue weighted by molar-refractivity contribution is 0.443. The van der Waals surface area contributed by atoms with Gasteiger partial charge in [0, 0.05) is 17.5 Å². The van der Waals surface area contributed by atoms with Crippen LogP contribution in [0.25, 0.3) is 6.08 Å². The molecule has 2 heteroatoms. The first-order valence-corrected chi connectivity index (χ1v) is 6.67. The van der Waals surface area contributed by atoms with Gasteiger partial charge in [0.1, 0.15) is 0 Å². The maximum atomic E-state index is 8.74. The lowest BCUT2D eigenvalue weighted by Crippen LogP contribution is -2.04. The number of hydrogen-bond acceptors (Lipinski definition) is 1. The van der Waals surface area contributed by atoms with Gasteiger partial charge in [0.2, 0.25) is 0 Å². The third-order valence-electron chi connectivity index (χ3n) is 3.80. The van der Waals surface area contributed by atoms with Crippen LogP contribution in [0.4, 0.5) is 0 Å². The maximum Gasteiger partial charge on any atom is 0.0985 e. The summed E-state index contributed by atoms with van der Waals surface area (Å²) in [5.74, 6) is 0.679. The zero-order valence-corrected chi connectivity index (χ0v) is 11.0. The summed E-state index contributed by atoms with van der Waals surface area (Å²) in [7, 11) is 0. The summed E-state index contributed by atoms with van der Waals surface area (Å²) < 4.78 is 0. The molecule has 0 unspecified atom stereocenters. The fourth-order valence-corrected chi connectivity index (χ4v) is 2.75. The Morgan fingerprint density at radius 3 is 2.83 bits per heavy atom. The Balaban J connectivity index is 2.24. The minimum Gasteiger partial charge on any atom is -0.364 e. The van der Waals surface area contributed by atoms with E-state index in [9.17, 15) is 0 Å². The van der Waals surface area contributed by atoms with Crippen LogP contribution in [0.15, 0.2) is 24.4 Å². The van der Waals surface area contributed by atoms with Crippen LogP contribution < -0.4 is 0 Å². The van der Waals surface area contributed by atoms with Crippen molar-refractivity contribution in [3.8, 4) is 6.07 Å². The Morgan fingerprint density at radius 1 is 1.44 bits per heavy atom. The van der Waals surface area contributed by atoms with Crippen LogP contribution in [0.5, 0.6) is 0 Å². The number of nitrogens with one attached hydrogen (secondary N) is 1. The molecule has 1 aliphatic carbocycles. The quantitative estimate of drug-likeness (QED) is 0.614.